The number of thiazole rings is 1. The number of ether oxygens (including phenoxy) is 1. The number of aromatic nitrogens is 1. The lowest BCUT2D eigenvalue weighted by molar-refractivity contribution is -0.138. The van der Waals surface area contributed by atoms with Gasteiger partial charge in [0.15, 0.2) is 5.69 Å². The summed E-state index contributed by atoms with van der Waals surface area (Å²) in [5.41, 5.74) is -1.19. The predicted molar refractivity (Wildman–Crippen MR) is 144 cm³/mol. The summed E-state index contributed by atoms with van der Waals surface area (Å²) in [6.07, 6.45) is -3.24. The van der Waals surface area contributed by atoms with Crippen LogP contribution >= 0.6 is 11.3 Å². The van der Waals surface area contributed by atoms with E-state index in [1.54, 1.807) is 32.9 Å². The van der Waals surface area contributed by atoms with Gasteiger partial charge in [-0.25, -0.2) is 14.2 Å². The van der Waals surface area contributed by atoms with Crippen LogP contribution in [0.15, 0.2) is 42.5 Å². The summed E-state index contributed by atoms with van der Waals surface area (Å²) in [4.78, 5) is 32.1. The van der Waals surface area contributed by atoms with Gasteiger partial charge in [0.2, 0.25) is 0 Å². The Labute approximate surface area is 233 Å². The van der Waals surface area contributed by atoms with E-state index in [0.29, 0.717) is 6.54 Å². The maximum absolute atomic E-state index is 15.2. The summed E-state index contributed by atoms with van der Waals surface area (Å²) in [7, 11) is 0. The lowest BCUT2D eigenvalue weighted by Crippen LogP contribution is -2.29. The molecule has 0 atom stereocenters. The highest BCUT2D eigenvalue weighted by Gasteiger charge is 2.33. The Morgan fingerprint density at radius 2 is 1.77 bits per heavy atom. The zero-order valence-electron chi connectivity index (χ0n) is 22.3. The van der Waals surface area contributed by atoms with Crippen molar-refractivity contribution in [2.45, 2.75) is 58.5 Å². The van der Waals surface area contributed by atoms with Crippen molar-refractivity contribution in [3.8, 4) is 10.6 Å². The van der Waals surface area contributed by atoms with E-state index in [9.17, 15) is 22.8 Å². The normalized spacial score (nSPS) is 14.3. The van der Waals surface area contributed by atoms with Gasteiger partial charge in [0, 0.05) is 18.7 Å². The number of halogens is 4. The van der Waals surface area contributed by atoms with Gasteiger partial charge in [-0.1, -0.05) is 35.6 Å². The number of benzene rings is 2. The molecule has 1 aliphatic heterocycles. The molecule has 4 rings (SSSR count). The van der Waals surface area contributed by atoms with Gasteiger partial charge in [-0.15, -0.1) is 0 Å². The third-order valence-electron chi connectivity index (χ3n) is 6.09. The molecule has 2 N–H and O–H groups in total. The molecule has 1 aliphatic rings. The van der Waals surface area contributed by atoms with Gasteiger partial charge >= 0.3 is 12.3 Å². The van der Waals surface area contributed by atoms with Crippen molar-refractivity contribution in [3.63, 3.8) is 0 Å². The molecule has 1 saturated heterocycles. The second kappa shape index (κ2) is 11.9. The average molecular weight is 579 g/mol. The number of hydrogen-bond acceptors (Lipinski definition) is 6. The molecule has 0 unspecified atom stereocenters. The SMILES string of the molecule is CC(C)(C)OC(=O)Nc1sc(-c2ccc(CN3CCCC3)cc2F)nc1C(=O)NCc1ccccc1C(F)(F)F. The summed E-state index contributed by atoms with van der Waals surface area (Å²) in [6.45, 7) is 7.09. The van der Waals surface area contributed by atoms with Gasteiger partial charge in [-0.05, 0) is 76.0 Å². The fourth-order valence-electron chi connectivity index (χ4n) is 4.31. The van der Waals surface area contributed by atoms with Crippen LogP contribution in [0.1, 0.15) is 60.8 Å². The second-order valence-electron chi connectivity index (χ2n) is 10.5. The summed E-state index contributed by atoms with van der Waals surface area (Å²) in [6, 6.07) is 9.65. The Balaban J connectivity index is 1.60. The zero-order valence-corrected chi connectivity index (χ0v) is 23.1. The number of rotatable bonds is 7. The van der Waals surface area contributed by atoms with Crippen molar-refractivity contribution in [1.82, 2.24) is 15.2 Å². The largest absolute Gasteiger partial charge is 0.444 e. The number of nitrogens with zero attached hydrogens (tertiary/aromatic N) is 2. The Morgan fingerprint density at radius 3 is 2.42 bits per heavy atom. The van der Waals surface area contributed by atoms with Gasteiger partial charge < -0.3 is 10.1 Å². The molecule has 2 amide bonds. The molecule has 214 valence electrons. The number of hydrogen-bond donors (Lipinski definition) is 2. The van der Waals surface area contributed by atoms with Crippen LogP contribution in [0.2, 0.25) is 0 Å². The molecule has 0 aliphatic carbocycles. The summed E-state index contributed by atoms with van der Waals surface area (Å²) >= 11 is 0.863. The van der Waals surface area contributed by atoms with Crippen molar-refractivity contribution in [2.75, 3.05) is 18.4 Å². The summed E-state index contributed by atoms with van der Waals surface area (Å²) in [5, 5.41) is 5.01. The molecule has 0 saturated carbocycles. The average Bonchev–Trinajstić information content (AvgIpc) is 3.51. The lowest BCUT2D eigenvalue weighted by Gasteiger charge is -2.19. The quantitative estimate of drug-likeness (QED) is 0.300. The molecule has 40 heavy (non-hydrogen) atoms. The second-order valence-corrected chi connectivity index (χ2v) is 11.5. The molecular weight excluding hydrogens is 548 g/mol. The standard InChI is InChI=1S/C28H30F4N4O3S/c1-27(2,3)39-26(38)35-25-22(23(37)33-15-18-8-4-5-9-20(18)28(30,31)32)34-24(40-25)19-11-10-17(14-21(19)29)16-36-12-6-7-13-36/h4-5,8-11,14H,6-7,12-13,15-16H2,1-3H3,(H,33,37)(H,35,38). The molecule has 0 spiro atoms. The minimum Gasteiger partial charge on any atom is -0.444 e. The highest BCUT2D eigenvalue weighted by molar-refractivity contribution is 7.19. The predicted octanol–water partition coefficient (Wildman–Crippen LogP) is 6.84. The Kier molecular flexibility index (Phi) is 8.79. The van der Waals surface area contributed by atoms with E-state index in [4.69, 9.17) is 4.74 Å². The van der Waals surface area contributed by atoms with Crippen LogP contribution < -0.4 is 10.6 Å². The number of alkyl halides is 3. The number of anilines is 1. The van der Waals surface area contributed by atoms with Gasteiger partial charge in [0.25, 0.3) is 5.91 Å². The monoisotopic (exact) mass is 578 g/mol. The Bertz CT molecular complexity index is 1380. The van der Waals surface area contributed by atoms with Crippen LogP contribution in [-0.4, -0.2) is 40.6 Å². The van der Waals surface area contributed by atoms with Crippen LogP contribution in [0, 0.1) is 5.82 Å². The highest BCUT2D eigenvalue weighted by atomic mass is 32.1. The highest BCUT2D eigenvalue weighted by Crippen LogP contribution is 2.35. The van der Waals surface area contributed by atoms with Crippen LogP contribution in [0.5, 0.6) is 0 Å². The molecule has 2 heterocycles. The van der Waals surface area contributed by atoms with E-state index >= 15 is 4.39 Å². The molecule has 1 aromatic heterocycles. The van der Waals surface area contributed by atoms with Crippen LogP contribution in [-0.2, 0) is 24.0 Å². The van der Waals surface area contributed by atoms with E-state index in [2.05, 4.69) is 20.5 Å². The first-order valence-corrected chi connectivity index (χ1v) is 13.6. The van der Waals surface area contributed by atoms with E-state index in [-0.39, 0.29) is 26.8 Å². The smallest absolute Gasteiger partial charge is 0.416 e. The van der Waals surface area contributed by atoms with Crippen LogP contribution in [0.4, 0.5) is 27.4 Å². The van der Waals surface area contributed by atoms with E-state index in [1.807, 2.05) is 0 Å². The first kappa shape index (κ1) is 29.5. The number of carbonyl (C=O) groups excluding carboxylic acids is 2. The fourth-order valence-corrected chi connectivity index (χ4v) is 5.28. The molecule has 12 heteroatoms. The first-order valence-electron chi connectivity index (χ1n) is 12.8. The minimum atomic E-state index is -4.60. The van der Waals surface area contributed by atoms with Crippen molar-refractivity contribution < 1.29 is 31.9 Å². The van der Waals surface area contributed by atoms with Crippen molar-refractivity contribution in [3.05, 3.63) is 70.7 Å². The molecule has 1 fully saturated rings. The van der Waals surface area contributed by atoms with Crippen molar-refractivity contribution in [1.29, 1.82) is 0 Å². The third kappa shape index (κ3) is 7.57. The zero-order chi connectivity index (χ0) is 29.1. The van der Waals surface area contributed by atoms with Crippen LogP contribution in [0.3, 0.4) is 0 Å². The van der Waals surface area contributed by atoms with Crippen molar-refractivity contribution in [2.24, 2.45) is 0 Å². The minimum absolute atomic E-state index is 0.0219. The first-order chi connectivity index (χ1) is 18.8. The lowest BCUT2D eigenvalue weighted by atomic mass is 10.1. The Morgan fingerprint density at radius 1 is 1.07 bits per heavy atom. The molecule has 0 bridgehead atoms. The van der Waals surface area contributed by atoms with Gasteiger partial charge in [-0.3, -0.25) is 15.0 Å². The van der Waals surface area contributed by atoms with Crippen LogP contribution in [0.25, 0.3) is 10.6 Å². The number of carbonyl (C=O) groups is 2. The maximum Gasteiger partial charge on any atom is 0.416 e. The molecular formula is C28H30F4N4O3S. The molecule has 2 aromatic carbocycles. The fraction of sp³-hybridized carbons (Fsp3) is 0.393. The number of nitrogens with one attached hydrogen (secondary N) is 2. The third-order valence-corrected chi connectivity index (χ3v) is 7.09. The van der Waals surface area contributed by atoms with Crippen molar-refractivity contribution >= 4 is 28.3 Å². The Hall–Kier alpha value is -3.51. The van der Waals surface area contributed by atoms with E-state index in [1.165, 1.54) is 24.3 Å². The van der Waals surface area contributed by atoms with Gasteiger partial charge in [-0.2, -0.15) is 13.2 Å². The van der Waals surface area contributed by atoms with E-state index < -0.39 is 41.7 Å². The number of amides is 2. The summed E-state index contributed by atoms with van der Waals surface area (Å²) < 4.78 is 60.6. The molecule has 0 radical (unpaired) electrons. The molecule has 3 aromatic rings. The summed E-state index contributed by atoms with van der Waals surface area (Å²) in [5.74, 6) is -1.38. The van der Waals surface area contributed by atoms with Gasteiger partial charge in [0.1, 0.15) is 21.4 Å². The molecule has 7 nitrogen and oxygen atoms in total. The maximum atomic E-state index is 15.2. The number of likely N-dealkylation sites (tertiary alicyclic amines) is 1. The van der Waals surface area contributed by atoms with E-state index in [0.717, 1.165) is 48.9 Å². The topological polar surface area (TPSA) is 83.6 Å². The van der Waals surface area contributed by atoms with Gasteiger partial charge in [0.05, 0.1) is 5.56 Å².